The fourth-order valence-corrected chi connectivity index (χ4v) is 11.9. The van der Waals surface area contributed by atoms with Gasteiger partial charge in [-0.1, -0.05) is 42.0 Å². The Kier molecular flexibility index (Phi) is 12.4. The zero-order chi connectivity index (χ0) is 39.5. The molecule has 56 heavy (non-hydrogen) atoms. The van der Waals surface area contributed by atoms with Crippen molar-refractivity contribution in [2.45, 2.75) is 79.4 Å². The highest BCUT2D eigenvalue weighted by Crippen LogP contribution is 2.54. The second-order valence-electron chi connectivity index (χ2n) is 17.0. The number of likely N-dealkylation sites (tertiary alicyclic amines) is 2. The Morgan fingerprint density at radius 3 is 2.45 bits per heavy atom. The van der Waals surface area contributed by atoms with Crippen LogP contribution in [0.5, 0.6) is 0 Å². The molecule has 0 radical (unpaired) electrons. The number of rotatable bonds is 15. The molecule has 13 heteroatoms. The van der Waals surface area contributed by atoms with Crippen LogP contribution in [0.3, 0.4) is 0 Å². The molecule has 4 fully saturated rings. The average Bonchev–Trinajstić information content (AvgIpc) is 3.84. The Morgan fingerprint density at radius 2 is 1.79 bits per heavy atom. The summed E-state index contributed by atoms with van der Waals surface area (Å²) in [4.78, 5) is 31.5. The van der Waals surface area contributed by atoms with Gasteiger partial charge in [0.2, 0.25) is 5.91 Å². The fourth-order valence-electron chi connectivity index (χ4n) is 10.3. The molecule has 302 valence electrons. The number of aromatic nitrogens is 3. The van der Waals surface area contributed by atoms with E-state index in [1.54, 1.807) is 35.4 Å². The third-order valence-electron chi connectivity index (χ3n) is 13.3. The predicted octanol–water partition coefficient (Wildman–Crippen LogP) is 5.34. The predicted molar refractivity (Wildman–Crippen MR) is 212 cm³/mol. The number of sulfone groups is 1. The van der Waals surface area contributed by atoms with Gasteiger partial charge in [0.15, 0.2) is 9.84 Å². The minimum Gasteiger partial charge on any atom is -0.469 e. The molecule has 11 nitrogen and oxygen atoms in total. The van der Waals surface area contributed by atoms with Gasteiger partial charge >= 0.3 is 5.97 Å². The zero-order valence-electron chi connectivity index (χ0n) is 33.0. The average molecular weight is 789 g/mol. The Balaban J connectivity index is 0.960. The first-order chi connectivity index (χ1) is 27.0. The van der Waals surface area contributed by atoms with Crippen molar-refractivity contribution in [2.24, 2.45) is 23.7 Å². The number of likely N-dealkylation sites (N-methyl/N-ethyl adjacent to an activating group) is 1. The number of amides is 1. The Labute approximate surface area is 331 Å². The van der Waals surface area contributed by atoms with Gasteiger partial charge in [-0.05, 0) is 131 Å². The van der Waals surface area contributed by atoms with Crippen LogP contribution in [0.25, 0.3) is 0 Å². The summed E-state index contributed by atoms with van der Waals surface area (Å²) in [5.74, 6) is 0.995. The summed E-state index contributed by atoms with van der Waals surface area (Å²) in [6, 6.07) is 14.6. The first kappa shape index (κ1) is 40.3. The molecular formula is C43H57FN6O5S. The minimum absolute atomic E-state index is 0.146. The van der Waals surface area contributed by atoms with Crippen molar-refractivity contribution in [1.29, 1.82) is 0 Å². The van der Waals surface area contributed by atoms with E-state index in [1.165, 1.54) is 24.8 Å². The maximum atomic E-state index is 15.0. The van der Waals surface area contributed by atoms with E-state index in [-0.39, 0.29) is 48.5 Å². The van der Waals surface area contributed by atoms with E-state index in [9.17, 15) is 18.0 Å². The molecule has 0 unspecified atom stereocenters. The lowest BCUT2D eigenvalue weighted by molar-refractivity contribution is -0.142. The molecule has 3 atom stereocenters. The molecule has 2 saturated carbocycles. The monoisotopic (exact) mass is 788 g/mol. The smallest absolute Gasteiger partial charge is 0.305 e. The van der Waals surface area contributed by atoms with Crippen LogP contribution in [0.4, 0.5) is 4.39 Å². The SMILES string of the molecule is COC(=O)C[C@H]1CCC[C@@H]1[C@](Cn1ccnn1)(c1cccc(F)c1)C1CCN(CC2CC(c3ccc(S(=O)(=O)C4CN(C(=O)/C=C/CN(C)C)C4)cc3)C2)CC1. The second kappa shape index (κ2) is 17.3. The van der Waals surface area contributed by atoms with E-state index in [2.05, 4.69) is 21.3 Å². The summed E-state index contributed by atoms with van der Waals surface area (Å²) in [7, 11) is 1.79. The molecule has 2 aliphatic carbocycles. The third-order valence-corrected chi connectivity index (χ3v) is 15.4. The number of ether oxygens (including phenoxy) is 1. The van der Waals surface area contributed by atoms with Crippen molar-refractivity contribution < 1.29 is 27.1 Å². The van der Waals surface area contributed by atoms with Gasteiger partial charge in [0.1, 0.15) is 11.1 Å². The highest BCUT2D eigenvalue weighted by atomic mass is 32.2. The second-order valence-corrected chi connectivity index (χ2v) is 19.2. The van der Waals surface area contributed by atoms with Crippen molar-refractivity contribution >= 4 is 21.7 Å². The standard InChI is InChI=1S/C43H57FN6O5S/c1-47(2)19-6-11-41(51)49-28-39(29-49)56(53,54)38-14-12-32(13-15-38)34-23-31(24-34)27-48-20-16-35(17-21-48)43(30-50-22-18-45-46-50,36-8-5-9-37(44)26-36)40-10-4-7-33(40)25-42(52)55-3/h5-6,8-9,11-15,18,22,26,31,33-35,39-40H,4,7,10,16-17,19-21,23-25,27-30H2,1-3H3/b11-6+/t31?,33-,34?,40+,43+/m1/s1. The van der Waals surface area contributed by atoms with Crippen LogP contribution in [0, 0.1) is 29.5 Å². The summed E-state index contributed by atoms with van der Waals surface area (Å²) >= 11 is 0. The molecule has 0 N–H and O–H groups in total. The largest absolute Gasteiger partial charge is 0.469 e. The first-order valence-corrected chi connectivity index (χ1v) is 21.8. The number of hydrogen-bond acceptors (Lipinski definition) is 9. The van der Waals surface area contributed by atoms with Gasteiger partial charge in [0.05, 0.1) is 24.7 Å². The third kappa shape index (κ3) is 8.64. The summed E-state index contributed by atoms with van der Waals surface area (Å²) in [6.07, 6.45) is 14.3. The number of esters is 1. The molecule has 3 heterocycles. The van der Waals surface area contributed by atoms with Gasteiger partial charge in [-0.2, -0.15) is 0 Å². The van der Waals surface area contributed by atoms with Crippen LogP contribution in [0.1, 0.15) is 68.4 Å². The van der Waals surface area contributed by atoms with E-state index in [0.29, 0.717) is 36.2 Å². The van der Waals surface area contributed by atoms with Gasteiger partial charge in [-0.3, -0.25) is 14.3 Å². The summed E-state index contributed by atoms with van der Waals surface area (Å²) in [6.45, 7) is 4.63. The molecule has 2 aliphatic heterocycles. The maximum Gasteiger partial charge on any atom is 0.305 e. The molecule has 0 spiro atoms. The van der Waals surface area contributed by atoms with Crippen molar-refractivity contribution in [1.82, 2.24) is 29.7 Å². The van der Waals surface area contributed by atoms with E-state index in [1.807, 2.05) is 48.1 Å². The Hall–Kier alpha value is -3.94. The molecule has 0 bridgehead atoms. The number of benzene rings is 2. The molecule has 2 aromatic carbocycles. The van der Waals surface area contributed by atoms with Gasteiger partial charge in [0, 0.05) is 50.3 Å². The van der Waals surface area contributed by atoms with Crippen LogP contribution >= 0.6 is 0 Å². The number of piperidine rings is 1. The number of halogens is 1. The maximum absolute atomic E-state index is 15.0. The zero-order valence-corrected chi connectivity index (χ0v) is 33.8. The molecule has 3 aromatic rings. The molecule has 1 aromatic heterocycles. The van der Waals surface area contributed by atoms with Crippen LogP contribution in [-0.4, -0.2) is 116 Å². The molecule has 7 rings (SSSR count). The lowest BCUT2D eigenvalue weighted by Gasteiger charge is -2.51. The van der Waals surface area contributed by atoms with E-state index in [4.69, 9.17) is 4.74 Å². The van der Waals surface area contributed by atoms with Crippen molar-refractivity contribution in [3.05, 3.63) is 90.0 Å². The number of carbonyl (C=O) groups is 2. The molecule has 2 saturated heterocycles. The quantitative estimate of drug-likeness (QED) is 0.149. The lowest BCUT2D eigenvalue weighted by atomic mass is 9.57. The normalized spacial score (nSPS) is 24.9. The Morgan fingerprint density at radius 1 is 1.04 bits per heavy atom. The number of methoxy groups -OCH3 is 1. The summed E-state index contributed by atoms with van der Waals surface area (Å²) < 4.78 is 48.7. The highest BCUT2D eigenvalue weighted by Gasteiger charge is 2.52. The van der Waals surface area contributed by atoms with Gasteiger partial charge in [-0.15, -0.1) is 5.10 Å². The molecular weight excluding hydrogens is 732 g/mol. The lowest BCUT2D eigenvalue weighted by Crippen LogP contribution is -2.56. The van der Waals surface area contributed by atoms with E-state index in [0.717, 1.165) is 70.1 Å². The summed E-state index contributed by atoms with van der Waals surface area (Å²) in [5, 5.41) is 7.95. The van der Waals surface area contributed by atoms with Crippen LogP contribution in [-0.2, 0) is 36.1 Å². The Bertz CT molecular complexity index is 1940. The van der Waals surface area contributed by atoms with Gasteiger partial charge < -0.3 is 19.4 Å². The fraction of sp³-hybridized carbons (Fsp3) is 0.581. The highest BCUT2D eigenvalue weighted by molar-refractivity contribution is 7.92. The van der Waals surface area contributed by atoms with Crippen molar-refractivity contribution in [2.75, 3.05) is 60.5 Å². The van der Waals surface area contributed by atoms with Crippen molar-refractivity contribution in [3.63, 3.8) is 0 Å². The van der Waals surface area contributed by atoms with E-state index >= 15 is 4.39 Å². The topological polar surface area (TPSA) is 118 Å². The van der Waals surface area contributed by atoms with Crippen LogP contribution in [0.2, 0.25) is 0 Å². The molecule has 1 amide bonds. The first-order valence-electron chi connectivity index (χ1n) is 20.3. The molecule has 4 aliphatic rings. The van der Waals surface area contributed by atoms with Gasteiger partial charge in [-0.25, -0.2) is 12.8 Å². The summed E-state index contributed by atoms with van der Waals surface area (Å²) in [5.41, 5.74) is 1.75. The number of nitrogens with zero attached hydrogens (tertiary/aromatic N) is 6. The van der Waals surface area contributed by atoms with Gasteiger partial charge in [0.25, 0.3) is 0 Å². The van der Waals surface area contributed by atoms with Crippen LogP contribution in [0.15, 0.2) is 78.0 Å². The van der Waals surface area contributed by atoms with Crippen molar-refractivity contribution in [3.8, 4) is 0 Å². The van der Waals surface area contributed by atoms with E-state index < -0.39 is 20.5 Å². The van der Waals surface area contributed by atoms with Crippen LogP contribution < -0.4 is 0 Å². The number of carbonyl (C=O) groups excluding carboxylic acids is 2. The minimum atomic E-state index is -3.51. The number of hydrogen-bond donors (Lipinski definition) is 0.